The number of aryl methyl sites for hydroxylation is 1. The standard InChI is InChI=1S/C14H27N3/c1-5-10-15-13(6-2)7-8-14-9-11-17(16-14)12(3)4/h9,11-13,15H,5-8,10H2,1-4H3. The van der Waals surface area contributed by atoms with Crippen LogP contribution in [0.1, 0.15) is 58.7 Å². The summed E-state index contributed by atoms with van der Waals surface area (Å²) < 4.78 is 2.04. The number of nitrogens with one attached hydrogen (secondary N) is 1. The van der Waals surface area contributed by atoms with Gasteiger partial charge in [0.2, 0.25) is 0 Å². The predicted molar refractivity (Wildman–Crippen MR) is 73.3 cm³/mol. The SMILES string of the molecule is CCCNC(CC)CCc1ccn(C(C)C)n1. The van der Waals surface area contributed by atoms with Crippen LogP contribution >= 0.6 is 0 Å². The normalized spacial score (nSPS) is 13.2. The van der Waals surface area contributed by atoms with E-state index in [1.54, 1.807) is 0 Å². The van der Waals surface area contributed by atoms with Crippen LogP contribution in [-0.2, 0) is 6.42 Å². The molecule has 0 aromatic carbocycles. The molecule has 1 heterocycles. The number of hydrogen-bond donors (Lipinski definition) is 1. The Bertz CT molecular complexity index is 304. The molecule has 0 fully saturated rings. The number of hydrogen-bond acceptors (Lipinski definition) is 2. The van der Waals surface area contributed by atoms with Crippen molar-refractivity contribution >= 4 is 0 Å². The summed E-state index contributed by atoms with van der Waals surface area (Å²) in [5.41, 5.74) is 1.22. The fourth-order valence-electron chi connectivity index (χ4n) is 1.92. The molecular weight excluding hydrogens is 210 g/mol. The van der Waals surface area contributed by atoms with Gasteiger partial charge in [0, 0.05) is 18.3 Å². The fourth-order valence-corrected chi connectivity index (χ4v) is 1.92. The van der Waals surface area contributed by atoms with Gasteiger partial charge in [-0.3, -0.25) is 4.68 Å². The molecule has 1 aromatic rings. The Labute approximate surface area is 106 Å². The highest BCUT2D eigenvalue weighted by atomic mass is 15.3. The lowest BCUT2D eigenvalue weighted by Crippen LogP contribution is -2.29. The van der Waals surface area contributed by atoms with Crippen LogP contribution in [0.25, 0.3) is 0 Å². The minimum absolute atomic E-state index is 0.462. The van der Waals surface area contributed by atoms with Crippen LogP contribution in [0.3, 0.4) is 0 Å². The summed E-state index contributed by atoms with van der Waals surface area (Å²) in [5.74, 6) is 0. The molecule has 0 saturated carbocycles. The van der Waals surface area contributed by atoms with Gasteiger partial charge in [0.25, 0.3) is 0 Å². The third-order valence-electron chi connectivity index (χ3n) is 3.12. The lowest BCUT2D eigenvalue weighted by Gasteiger charge is -2.15. The third kappa shape index (κ3) is 4.90. The third-order valence-corrected chi connectivity index (χ3v) is 3.12. The van der Waals surface area contributed by atoms with Crippen LogP contribution in [0.5, 0.6) is 0 Å². The molecule has 1 aromatic heterocycles. The zero-order chi connectivity index (χ0) is 12.7. The van der Waals surface area contributed by atoms with Gasteiger partial charge in [-0.15, -0.1) is 0 Å². The molecule has 0 radical (unpaired) electrons. The minimum Gasteiger partial charge on any atom is -0.314 e. The summed E-state index contributed by atoms with van der Waals surface area (Å²) in [6.07, 6.45) is 6.75. The van der Waals surface area contributed by atoms with Gasteiger partial charge in [-0.25, -0.2) is 0 Å². The van der Waals surface area contributed by atoms with Crippen molar-refractivity contribution in [2.75, 3.05) is 6.54 Å². The predicted octanol–water partition coefficient (Wildman–Crippen LogP) is 3.17. The zero-order valence-electron chi connectivity index (χ0n) is 11.7. The summed E-state index contributed by atoms with van der Waals surface area (Å²) in [4.78, 5) is 0. The van der Waals surface area contributed by atoms with E-state index in [9.17, 15) is 0 Å². The Morgan fingerprint density at radius 3 is 2.65 bits per heavy atom. The van der Waals surface area contributed by atoms with Gasteiger partial charge in [-0.05, 0) is 52.1 Å². The molecule has 0 saturated heterocycles. The summed E-state index contributed by atoms with van der Waals surface area (Å²) in [6.45, 7) is 9.91. The molecule has 0 aliphatic carbocycles. The second-order valence-electron chi connectivity index (χ2n) is 4.98. The lowest BCUT2D eigenvalue weighted by atomic mass is 10.1. The first kappa shape index (κ1) is 14.2. The highest BCUT2D eigenvalue weighted by Crippen LogP contribution is 2.08. The molecule has 1 atom stereocenters. The Balaban J connectivity index is 2.37. The molecule has 1 unspecified atom stereocenters. The van der Waals surface area contributed by atoms with Gasteiger partial charge in [0.1, 0.15) is 0 Å². The number of rotatable bonds is 8. The molecule has 98 valence electrons. The Kier molecular flexibility index (Phi) is 6.27. The molecule has 1 N–H and O–H groups in total. The molecule has 0 spiro atoms. The van der Waals surface area contributed by atoms with Crippen molar-refractivity contribution in [2.45, 2.75) is 65.5 Å². The van der Waals surface area contributed by atoms with E-state index in [1.165, 1.54) is 25.0 Å². The molecule has 0 bridgehead atoms. The molecule has 3 nitrogen and oxygen atoms in total. The van der Waals surface area contributed by atoms with Crippen LogP contribution in [0.15, 0.2) is 12.3 Å². The van der Waals surface area contributed by atoms with Gasteiger partial charge >= 0.3 is 0 Å². The van der Waals surface area contributed by atoms with Crippen LogP contribution < -0.4 is 5.32 Å². The van der Waals surface area contributed by atoms with Crippen molar-refractivity contribution in [1.29, 1.82) is 0 Å². The summed E-state index contributed by atoms with van der Waals surface area (Å²) in [6, 6.07) is 3.25. The summed E-state index contributed by atoms with van der Waals surface area (Å²) >= 11 is 0. The maximum atomic E-state index is 4.59. The first-order valence-electron chi connectivity index (χ1n) is 6.94. The highest BCUT2D eigenvalue weighted by molar-refractivity contribution is 5.00. The fraction of sp³-hybridized carbons (Fsp3) is 0.786. The van der Waals surface area contributed by atoms with E-state index in [0.717, 1.165) is 13.0 Å². The van der Waals surface area contributed by atoms with Crippen LogP contribution in [0, 0.1) is 0 Å². The Morgan fingerprint density at radius 1 is 1.35 bits per heavy atom. The largest absolute Gasteiger partial charge is 0.314 e. The first-order valence-corrected chi connectivity index (χ1v) is 6.94. The van der Waals surface area contributed by atoms with Gasteiger partial charge in [-0.1, -0.05) is 13.8 Å². The van der Waals surface area contributed by atoms with Crippen LogP contribution in [-0.4, -0.2) is 22.4 Å². The minimum atomic E-state index is 0.462. The summed E-state index contributed by atoms with van der Waals surface area (Å²) in [7, 11) is 0. The molecule has 17 heavy (non-hydrogen) atoms. The molecule has 1 rings (SSSR count). The van der Waals surface area contributed by atoms with E-state index in [-0.39, 0.29) is 0 Å². The van der Waals surface area contributed by atoms with Crippen molar-refractivity contribution in [1.82, 2.24) is 15.1 Å². The topological polar surface area (TPSA) is 29.9 Å². The zero-order valence-corrected chi connectivity index (χ0v) is 11.7. The number of aromatic nitrogens is 2. The summed E-state index contributed by atoms with van der Waals surface area (Å²) in [5, 5.41) is 8.17. The van der Waals surface area contributed by atoms with Crippen LogP contribution in [0.2, 0.25) is 0 Å². The van der Waals surface area contributed by atoms with E-state index >= 15 is 0 Å². The molecule has 0 amide bonds. The van der Waals surface area contributed by atoms with Gasteiger partial charge < -0.3 is 5.32 Å². The van der Waals surface area contributed by atoms with Crippen LogP contribution in [0.4, 0.5) is 0 Å². The van der Waals surface area contributed by atoms with E-state index in [0.29, 0.717) is 12.1 Å². The highest BCUT2D eigenvalue weighted by Gasteiger charge is 2.07. The van der Waals surface area contributed by atoms with E-state index in [2.05, 4.69) is 50.4 Å². The first-order chi connectivity index (χ1) is 8.17. The number of nitrogens with zero attached hydrogens (tertiary/aromatic N) is 2. The smallest absolute Gasteiger partial charge is 0.0625 e. The average Bonchev–Trinajstić information content (AvgIpc) is 2.78. The average molecular weight is 237 g/mol. The molecule has 0 aliphatic rings. The maximum absolute atomic E-state index is 4.59. The molecular formula is C14H27N3. The lowest BCUT2D eigenvalue weighted by molar-refractivity contribution is 0.462. The maximum Gasteiger partial charge on any atom is 0.0625 e. The van der Waals surface area contributed by atoms with E-state index in [1.807, 2.05) is 4.68 Å². The monoisotopic (exact) mass is 237 g/mol. The second-order valence-corrected chi connectivity index (χ2v) is 4.98. The van der Waals surface area contributed by atoms with E-state index in [4.69, 9.17) is 0 Å². The van der Waals surface area contributed by atoms with Gasteiger partial charge in [0.15, 0.2) is 0 Å². The Hall–Kier alpha value is -0.830. The molecule has 3 heteroatoms. The van der Waals surface area contributed by atoms with Crippen molar-refractivity contribution in [2.24, 2.45) is 0 Å². The van der Waals surface area contributed by atoms with Crippen molar-refractivity contribution < 1.29 is 0 Å². The second kappa shape index (κ2) is 7.49. The Morgan fingerprint density at radius 2 is 2.12 bits per heavy atom. The molecule has 0 aliphatic heterocycles. The van der Waals surface area contributed by atoms with Crippen molar-refractivity contribution in [3.63, 3.8) is 0 Å². The van der Waals surface area contributed by atoms with Gasteiger partial charge in [-0.2, -0.15) is 5.10 Å². The van der Waals surface area contributed by atoms with Gasteiger partial charge in [0.05, 0.1) is 5.69 Å². The quantitative estimate of drug-likeness (QED) is 0.752. The van der Waals surface area contributed by atoms with E-state index < -0.39 is 0 Å². The van der Waals surface area contributed by atoms with Crippen molar-refractivity contribution in [3.05, 3.63) is 18.0 Å². The van der Waals surface area contributed by atoms with Crippen molar-refractivity contribution in [3.8, 4) is 0 Å².